The zero-order chi connectivity index (χ0) is 25.0. The molecule has 0 saturated carbocycles. The highest BCUT2D eigenvalue weighted by atomic mass is 16.5. The molecule has 0 saturated heterocycles. The third kappa shape index (κ3) is 8.29. The molecule has 0 aromatic heterocycles. The van der Waals surface area contributed by atoms with Crippen LogP contribution in [0.15, 0.2) is 78.9 Å². The van der Waals surface area contributed by atoms with Crippen molar-refractivity contribution >= 4 is 11.8 Å². The van der Waals surface area contributed by atoms with E-state index >= 15 is 0 Å². The summed E-state index contributed by atoms with van der Waals surface area (Å²) in [5, 5.41) is 2.93. The Bertz CT molecular complexity index is 1060. The highest BCUT2D eigenvalue weighted by Gasteiger charge is 2.29. The number of amides is 2. The third-order valence-corrected chi connectivity index (χ3v) is 5.92. The van der Waals surface area contributed by atoms with Crippen LogP contribution < -0.4 is 10.1 Å². The number of carbonyl (C=O) groups is 2. The number of hydrogen-bond acceptors (Lipinski definition) is 3. The van der Waals surface area contributed by atoms with Crippen LogP contribution in [0.2, 0.25) is 0 Å². The lowest BCUT2D eigenvalue weighted by Gasteiger charge is -2.31. The zero-order valence-electron chi connectivity index (χ0n) is 21.0. The van der Waals surface area contributed by atoms with E-state index < -0.39 is 6.04 Å². The van der Waals surface area contributed by atoms with Gasteiger partial charge in [-0.2, -0.15) is 0 Å². The number of rotatable bonds is 12. The summed E-state index contributed by atoms with van der Waals surface area (Å²) < 4.78 is 5.81. The van der Waals surface area contributed by atoms with Gasteiger partial charge in [0.25, 0.3) is 0 Å². The number of nitrogens with one attached hydrogen (secondary N) is 1. The SMILES string of the molecule is CCNC(=O)C(Cc1ccccc1)N(Cc1ccc(C)cc1)C(=O)CCCOc1ccc(C)cc1. The summed E-state index contributed by atoms with van der Waals surface area (Å²) in [5.41, 5.74) is 4.36. The van der Waals surface area contributed by atoms with Crippen LogP contribution in [0.1, 0.15) is 42.0 Å². The van der Waals surface area contributed by atoms with Crippen molar-refractivity contribution in [2.24, 2.45) is 0 Å². The highest BCUT2D eigenvalue weighted by Crippen LogP contribution is 2.17. The molecule has 5 nitrogen and oxygen atoms in total. The molecule has 3 aromatic carbocycles. The van der Waals surface area contributed by atoms with Crippen molar-refractivity contribution in [1.29, 1.82) is 0 Å². The second kappa shape index (κ2) is 13.3. The van der Waals surface area contributed by atoms with Gasteiger partial charge in [-0.25, -0.2) is 0 Å². The molecule has 0 aliphatic heterocycles. The van der Waals surface area contributed by atoms with E-state index in [4.69, 9.17) is 4.74 Å². The Morgan fingerprint density at radius 3 is 2.11 bits per heavy atom. The molecule has 0 spiro atoms. The molecule has 5 heteroatoms. The maximum Gasteiger partial charge on any atom is 0.243 e. The number of carbonyl (C=O) groups excluding carboxylic acids is 2. The van der Waals surface area contributed by atoms with E-state index in [0.29, 0.717) is 39.0 Å². The third-order valence-electron chi connectivity index (χ3n) is 5.92. The molecule has 1 atom stereocenters. The van der Waals surface area contributed by atoms with E-state index in [1.165, 1.54) is 5.56 Å². The normalized spacial score (nSPS) is 11.5. The zero-order valence-corrected chi connectivity index (χ0v) is 21.0. The van der Waals surface area contributed by atoms with Crippen LogP contribution in [-0.2, 0) is 22.6 Å². The lowest BCUT2D eigenvalue weighted by Crippen LogP contribution is -2.50. The lowest BCUT2D eigenvalue weighted by atomic mass is 10.0. The van der Waals surface area contributed by atoms with E-state index in [2.05, 4.69) is 5.32 Å². The fourth-order valence-electron chi connectivity index (χ4n) is 3.93. The minimum atomic E-state index is -0.593. The van der Waals surface area contributed by atoms with Crippen molar-refractivity contribution in [1.82, 2.24) is 10.2 Å². The Kier molecular flexibility index (Phi) is 9.91. The molecule has 0 aliphatic carbocycles. The first-order chi connectivity index (χ1) is 17.0. The fraction of sp³-hybridized carbons (Fsp3) is 0.333. The van der Waals surface area contributed by atoms with E-state index in [9.17, 15) is 9.59 Å². The van der Waals surface area contributed by atoms with Gasteiger partial charge in [-0.15, -0.1) is 0 Å². The monoisotopic (exact) mass is 472 g/mol. The Labute approximate surface area is 209 Å². The molecule has 1 N–H and O–H groups in total. The predicted molar refractivity (Wildman–Crippen MR) is 140 cm³/mol. The van der Waals surface area contributed by atoms with Crippen molar-refractivity contribution < 1.29 is 14.3 Å². The molecule has 0 heterocycles. The van der Waals surface area contributed by atoms with Crippen LogP contribution >= 0.6 is 0 Å². The molecule has 2 amide bonds. The van der Waals surface area contributed by atoms with Crippen molar-refractivity contribution in [2.45, 2.75) is 52.6 Å². The van der Waals surface area contributed by atoms with Gasteiger partial charge < -0.3 is 15.0 Å². The van der Waals surface area contributed by atoms with Gasteiger partial charge in [-0.3, -0.25) is 9.59 Å². The number of nitrogens with zero attached hydrogens (tertiary/aromatic N) is 1. The number of aryl methyl sites for hydroxylation is 2. The van der Waals surface area contributed by atoms with E-state index in [1.807, 2.05) is 99.6 Å². The quantitative estimate of drug-likeness (QED) is 0.367. The molecule has 1 unspecified atom stereocenters. The topological polar surface area (TPSA) is 58.6 Å². The van der Waals surface area contributed by atoms with Gasteiger partial charge >= 0.3 is 0 Å². The number of benzene rings is 3. The standard InChI is InChI=1S/C30H36N2O3/c1-4-31-30(34)28(21-25-9-6-5-7-10-25)32(22-26-16-12-23(2)13-17-26)29(33)11-8-20-35-27-18-14-24(3)15-19-27/h5-7,9-10,12-19,28H,4,8,11,20-22H2,1-3H3,(H,31,34). The summed E-state index contributed by atoms with van der Waals surface area (Å²) in [4.78, 5) is 28.4. The molecule has 0 aliphatic rings. The number of ether oxygens (including phenoxy) is 1. The second-order valence-corrected chi connectivity index (χ2v) is 8.87. The minimum absolute atomic E-state index is 0.0507. The highest BCUT2D eigenvalue weighted by molar-refractivity contribution is 5.88. The van der Waals surface area contributed by atoms with Crippen LogP contribution in [0.4, 0.5) is 0 Å². The van der Waals surface area contributed by atoms with Gasteiger partial charge in [0.1, 0.15) is 11.8 Å². The molecule has 35 heavy (non-hydrogen) atoms. The average molecular weight is 473 g/mol. The van der Waals surface area contributed by atoms with Crippen LogP contribution in [0.3, 0.4) is 0 Å². The molecular formula is C30H36N2O3. The van der Waals surface area contributed by atoms with Gasteiger partial charge in [0, 0.05) is 25.9 Å². The van der Waals surface area contributed by atoms with Gasteiger partial charge in [-0.05, 0) is 50.5 Å². The van der Waals surface area contributed by atoms with E-state index in [1.54, 1.807) is 4.90 Å². The van der Waals surface area contributed by atoms with Crippen molar-refractivity contribution in [3.63, 3.8) is 0 Å². The maximum atomic E-state index is 13.5. The Morgan fingerprint density at radius 1 is 0.857 bits per heavy atom. The van der Waals surface area contributed by atoms with Crippen LogP contribution in [0, 0.1) is 13.8 Å². The largest absolute Gasteiger partial charge is 0.494 e. The summed E-state index contributed by atoms with van der Waals surface area (Å²) in [5.74, 6) is 0.613. The summed E-state index contributed by atoms with van der Waals surface area (Å²) in [6.45, 7) is 7.30. The number of hydrogen-bond donors (Lipinski definition) is 1. The van der Waals surface area contributed by atoms with Gasteiger partial charge in [-0.1, -0.05) is 77.9 Å². The second-order valence-electron chi connectivity index (χ2n) is 8.87. The van der Waals surface area contributed by atoms with E-state index in [-0.39, 0.29) is 11.8 Å². The Balaban J connectivity index is 1.75. The Hall–Kier alpha value is -3.60. The maximum absolute atomic E-state index is 13.5. The van der Waals surface area contributed by atoms with E-state index in [0.717, 1.165) is 22.4 Å². The first-order valence-electron chi connectivity index (χ1n) is 12.3. The fourth-order valence-corrected chi connectivity index (χ4v) is 3.93. The molecule has 0 radical (unpaired) electrons. The van der Waals surface area contributed by atoms with Crippen molar-refractivity contribution in [3.8, 4) is 5.75 Å². The molecule has 3 rings (SSSR count). The summed E-state index contributed by atoms with van der Waals surface area (Å²) in [6.07, 6.45) is 1.34. The van der Waals surface area contributed by atoms with Crippen molar-refractivity contribution in [2.75, 3.05) is 13.2 Å². The summed E-state index contributed by atoms with van der Waals surface area (Å²) in [6, 6.07) is 25.3. The van der Waals surface area contributed by atoms with Crippen LogP contribution in [0.5, 0.6) is 5.75 Å². The average Bonchev–Trinajstić information content (AvgIpc) is 2.87. The lowest BCUT2D eigenvalue weighted by molar-refractivity contribution is -0.141. The summed E-state index contributed by atoms with van der Waals surface area (Å²) in [7, 11) is 0. The van der Waals surface area contributed by atoms with Gasteiger partial charge in [0.15, 0.2) is 0 Å². The molecular weight excluding hydrogens is 436 g/mol. The molecule has 184 valence electrons. The van der Waals surface area contributed by atoms with Crippen LogP contribution in [-0.4, -0.2) is 35.9 Å². The Morgan fingerprint density at radius 2 is 1.49 bits per heavy atom. The number of likely N-dealkylation sites (N-methyl/N-ethyl adjacent to an activating group) is 1. The smallest absolute Gasteiger partial charge is 0.243 e. The molecule has 3 aromatic rings. The first-order valence-corrected chi connectivity index (χ1v) is 12.3. The van der Waals surface area contributed by atoms with Gasteiger partial charge in [0.2, 0.25) is 11.8 Å². The minimum Gasteiger partial charge on any atom is -0.494 e. The molecule has 0 fully saturated rings. The molecule has 0 bridgehead atoms. The summed E-state index contributed by atoms with van der Waals surface area (Å²) >= 11 is 0. The predicted octanol–water partition coefficient (Wildman–Crippen LogP) is 5.24. The van der Waals surface area contributed by atoms with Crippen LogP contribution in [0.25, 0.3) is 0 Å². The van der Waals surface area contributed by atoms with Gasteiger partial charge in [0.05, 0.1) is 6.61 Å². The first kappa shape index (κ1) is 26.0. The van der Waals surface area contributed by atoms with Crippen molar-refractivity contribution in [3.05, 3.63) is 101 Å².